The fourth-order valence-electron chi connectivity index (χ4n) is 2.10. The van der Waals surface area contributed by atoms with Crippen molar-refractivity contribution in [2.24, 2.45) is 11.1 Å². The van der Waals surface area contributed by atoms with Gasteiger partial charge in [0.25, 0.3) is 0 Å². The van der Waals surface area contributed by atoms with Crippen LogP contribution in [0, 0.1) is 5.41 Å². The first kappa shape index (κ1) is 12.2. The van der Waals surface area contributed by atoms with Crippen LogP contribution < -0.4 is 5.73 Å². The molecule has 2 nitrogen and oxygen atoms in total. The van der Waals surface area contributed by atoms with E-state index in [1.54, 1.807) is 6.07 Å². The molecule has 1 aromatic carbocycles. The normalized spacial score (nSPS) is 24.9. The largest absolute Gasteiger partial charge is 0.381 e. The van der Waals surface area contributed by atoms with E-state index in [9.17, 15) is 0 Å². The van der Waals surface area contributed by atoms with Crippen molar-refractivity contribution in [3.63, 3.8) is 0 Å². The molecule has 0 amide bonds. The summed E-state index contributed by atoms with van der Waals surface area (Å²) in [6.45, 7) is 2.12. The fraction of sp³-hybridized carbons (Fsp3) is 0.500. The van der Waals surface area contributed by atoms with E-state index in [0.29, 0.717) is 18.2 Å². The van der Waals surface area contributed by atoms with E-state index in [1.807, 2.05) is 12.1 Å². The monoisotopic (exact) mass is 259 g/mol. The maximum atomic E-state index is 6.15. The molecule has 2 rings (SSSR count). The van der Waals surface area contributed by atoms with Gasteiger partial charge in [-0.05, 0) is 36.6 Å². The van der Waals surface area contributed by atoms with Gasteiger partial charge in [-0.3, -0.25) is 0 Å². The SMILES string of the molecule is NCC1(Cc2cc(Cl)ccc2Cl)CCOC1. The van der Waals surface area contributed by atoms with Crippen molar-refractivity contribution >= 4 is 23.2 Å². The highest BCUT2D eigenvalue weighted by molar-refractivity contribution is 6.33. The Morgan fingerprint density at radius 1 is 1.38 bits per heavy atom. The molecule has 0 aliphatic carbocycles. The van der Waals surface area contributed by atoms with Gasteiger partial charge in [0.05, 0.1) is 6.61 Å². The highest BCUT2D eigenvalue weighted by Crippen LogP contribution is 2.34. The van der Waals surface area contributed by atoms with Crippen LogP contribution in [0.1, 0.15) is 12.0 Å². The molecule has 1 fully saturated rings. The van der Waals surface area contributed by atoms with Gasteiger partial charge < -0.3 is 10.5 Å². The summed E-state index contributed by atoms with van der Waals surface area (Å²) in [5.74, 6) is 0. The summed E-state index contributed by atoms with van der Waals surface area (Å²) in [5.41, 5.74) is 6.95. The van der Waals surface area contributed by atoms with Gasteiger partial charge in [-0.1, -0.05) is 23.2 Å². The van der Waals surface area contributed by atoms with Gasteiger partial charge in [0.1, 0.15) is 0 Å². The second-order valence-electron chi connectivity index (χ2n) is 4.42. The summed E-state index contributed by atoms with van der Waals surface area (Å²) in [5, 5.41) is 1.47. The molecule has 0 saturated carbocycles. The minimum Gasteiger partial charge on any atom is -0.381 e. The molecular weight excluding hydrogens is 245 g/mol. The molecule has 0 radical (unpaired) electrons. The maximum absolute atomic E-state index is 6.15. The molecule has 88 valence electrons. The van der Waals surface area contributed by atoms with Crippen molar-refractivity contribution in [1.82, 2.24) is 0 Å². The van der Waals surface area contributed by atoms with Crippen LogP contribution in [0.5, 0.6) is 0 Å². The predicted molar refractivity (Wildman–Crippen MR) is 67.1 cm³/mol. The molecule has 1 heterocycles. The topological polar surface area (TPSA) is 35.2 Å². The lowest BCUT2D eigenvalue weighted by molar-refractivity contribution is 0.154. The minimum atomic E-state index is 0.0360. The Morgan fingerprint density at radius 2 is 2.19 bits per heavy atom. The lowest BCUT2D eigenvalue weighted by Crippen LogP contribution is -2.33. The summed E-state index contributed by atoms with van der Waals surface area (Å²) < 4.78 is 5.44. The van der Waals surface area contributed by atoms with Crippen LogP contribution in [0.25, 0.3) is 0 Å². The van der Waals surface area contributed by atoms with Crippen LogP contribution in [-0.4, -0.2) is 19.8 Å². The van der Waals surface area contributed by atoms with Gasteiger partial charge in [0.15, 0.2) is 0 Å². The minimum absolute atomic E-state index is 0.0360. The quantitative estimate of drug-likeness (QED) is 0.906. The van der Waals surface area contributed by atoms with Gasteiger partial charge in [-0.15, -0.1) is 0 Å². The lowest BCUT2D eigenvalue weighted by Gasteiger charge is -2.25. The zero-order chi connectivity index (χ0) is 11.6. The van der Waals surface area contributed by atoms with E-state index in [4.69, 9.17) is 33.7 Å². The van der Waals surface area contributed by atoms with Crippen molar-refractivity contribution in [3.05, 3.63) is 33.8 Å². The standard InChI is InChI=1S/C12H15Cl2NO/c13-10-1-2-11(14)9(5-10)6-12(7-15)3-4-16-8-12/h1-2,5H,3-4,6-8,15H2. The van der Waals surface area contributed by atoms with E-state index in [-0.39, 0.29) is 5.41 Å². The molecular formula is C12H15Cl2NO. The Labute approximate surface area is 106 Å². The number of hydrogen-bond donors (Lipinski definition) is 1. The highest BCUT2D eigenvalue weighted by Gasteiger charge is 2.34. The molecule has 4 heteroatoms. The van der Waals surface area contributed by atoms with Gasteiger partial charge in [0.2, 0.25) is 0 Å². The third-order valence-corrected chi connectivity index (χ3v) is 3.80. The van der Waals surface area contributed by atoms with Crippen LogP contribution in [0.15, 0.2) is 18.2 Å². The highest BCUT2D eigenvalue weighted by atomic mass is 35.5. The first-order valence-corrected chi connectivity index (χ1v) is 6.13. The predicted octanol–water partition coefficient (Wildman–Crippen LogP) is 2.90. The Morgan fingerprint density at radius 3 is 2.81 bits per heavy atom. The average molecular weight is 260 g/mol. The molecule has 1 aromatic rings. The third-order valence-electron chi connectivity index (χ3n) is 3.19. The first-order valence-electron chi connectivity index (χ1n) is 5.37. The summed E-state index contributed by atoms with van der Waals surface area (Å²) in [6.07, 6.45) is 1.83. The van der Waals surface area contributed by atoms with E-state index in [1.165, 1.54) is 0 Å². The Bertz CT molecular complexity index is 375. The van der Waals surface area contributed by atoms with Crippen LogP contribution >= 0.6 is 23.2 Å². The number of halogens is 2. The average Bonchev–Trinajstić information content (AvgIpc) is 2.73. The molecule has 0 bridgehead atoms. The number of rotatable bonds is 3. The molecule has 0 spiro atoms. The number of ether oxygens (including phenoxy) is 1. The zero-order valence-corrected chi connectivity index (χ0v) is 10.5. The Kier molecular flexibility index (Phi) is 3.75. The number of nitrogens with two attached hydrogens (primary N) is 1. The molecule has 2 N–H and O–H groups in total. The van der Waals surface area contributed by atoms with Gasteiger partial charge >= 0.3 is 0 Å². The van der Waals surface area contributed by atoms with Crippen LogP contribution in [0.3, 0.4) is 0 Å². The maximum Gasteiger partial charge on any atom is 0.0538 e. The van der Waals surface area contributed by atoms with E-state index in [2.05, 4.69) is 0 Å². The molecule has 1 saturated heterocycles. The fourth-order valence-corrected chi connectivity index (χ4v) is 2.48. The summed E-state index contributed by atoms with van der Waals surface area (Å²) in [6, 6.07) is 5.55. The molecule has 1 unspecified atom stereocenters. The van der Waals surface area contributed by atoms with Crippen molar-refractivity contribution in [3.8, 4) is 0 Å². The zero-order valence-electron chi connectivity index (χ0n) is 9.01. The molecule has 1 aliphatic rings. The van der Waals surface area contributed by atoms with Crippen LogP contribution in [0.4, 0.5) is 0 Å². The van der Waals surface area contributed by atoms with Gasteiger partial charge in [-0.25, -0.2) is 0 Å². The molecule has 1 aliphatic heterocycles. The molecule has 1 atom stereocenters. The first-order chi connectivity index (χ1) is 7.65. The van der Waals surface area contributed by atoms with E-state index < -0.39 is 0 Å². The second-order valence-corrected chi connectivity index (χ2v) is 5.26. The molecule has 16 heavy (non-hydrogen) atoms. The van der Waals surface area contributed by atoms with Crippen molar-refractivity contribution in [2.75, 3.05) is 19.8 Å². The van der Waals surface area contributed by atoms with Crippen LogP contribution in [-0.2, 0) is 11.2 Å². The smallest absolute Gasteiger partial charge is 0.0538 e. The van der Waals surface area contributed by atoms with Crippen molar-refractivity contribution in [2.45, 2.75) is 12.8 Å². The van der Waals surface area contributed by atoms with Crippen molar-refractivity contribution in [1.29, 1.82) is 0 Å². The number of hydrogen-bond acceptors (Lipinski definition) is 2. The summed E-state index contributed by atoms with van der Waals surface area (Å²) in [7, 11) is 0. The third kappa shape index (κ3) is 2.51. The lowest BCUT2D eigenvalue weighted by atomic mass is 9.81. The van der Waals surface area contributed by atoms with E-state index in [0.717, 1.165) is 30.0 Å². The van der Waals surface area contributed by atoms with E-state index >= 15 is 0 Å². The van der Waals surface area contributed by atoms with Crippen LogP contribution in [0.2, 0.25) is 10.0 Å². The Balaban J connectivity index is 2.21. The van der Waals surface area contributed by atoms with Gasteiger partial charge in [0, 0.05) is 28.6 Å². The number of benzene rings is 1. The molecule has 0 aromatic heterocycles. The summed E-state index contributed by atoms with van der Waals surface area (Å²) >= 11 is 12.1. The summed E-state index contributed by atoms with van der Waals surface area (Å²) in [4.78, 5) is 0. The Hall–Kier alpha value is -0.280. The van der Waals surface area contributed by atoms with Gasteiger partial charge in [-0.2, -0.15) is 0 Å². The second kappa shape index (κ2) is 4.92. The van der Waals surface area contributed by atoms with Crippen molar-refractivity contribution < 1.29 is 4.74 Å².